The Balaban J connectivity index is 1.91. The van der Waals surface area contributed by atoms with Gasteiger partial charge in [-0.15, -0.1) is 11.8 Å². The van der Waals surface area contributed by atoms with Crippen LogP contribution in [0.5, 0.6) is 0 Å². The summed E-state index contributed by atoms with van der Waals surface area (Å²) in [5, 5.41) is 0. The summed E-state index contributed by atoms with van der Waals surface area (Å²) in [5.74, 6) is 5.79. The molecule has 0 spiro atoms. The smallest absolute Gasteiger partial charge is 0.0605 e. The average Bonchev–Trinajstić information content (AvgIpc) is 1.94. The molecule has 2 N–H and O–H groups in total. The lowest BCUT2D eigenvalue weighted by atomic mass is 9.90. The molecule has 1 rings (SSSR count). The minimum Gasteiger partial charge on any atom is -0.377 e. The third-order valence-corrected chi connectivity index (χ3v) is 1.89. The van der Waals surface area contributed by atoms with Crippen LogP contribution < -0.4 is 5.73 Å². The summed E-state index contributed by atoms with van der Waals surface area (Å²) < 4.78 is 5.47. The zero-order chi connectivity index (χ0) is 8.10. The van der Waals surface area contributed by atoms with E-state index in [4.69, 9.17) is 10.5 Å². The highest BCUT2D eigenvalue weighted by Gasteiger charge is 2.25. The summed E-state index contributed by atoms with van der Waals surface area (Å²) >= 11 is 0. The zero-order valence-electron chi connectivity index (χ0n) is 6.97. The van der Waals surface area contributed by atoms with Gasteiger partial charge in [0.25, 0.3) is 0 Å². The standard InChI is InChI=1S/C9H15NO/c1-2-3-4-5-11-9-6-8(10)7-9/h8-9H,4-7,10H2,1H3. The lowest BCUT2D eigenvalue weighted by molar-refractivity contribution is -0.00527. The van der Waals surface area contributed by atoms with Gasteiger partial charge < -0.3 is 10.5 Å². The molecule has 11 heavy (non-hydrogen) atoms. The maximum absolute atomic E-state index is 5.59. The van der Waals surface area contributed by atoms with Gasteiger partial charge >= 0.3 is 0 Å². The second-order valence-corrected chi connectivity index (χ2v) is 2.90. The van der Waals surface area contributed by atoms with Crippen LogP contribution in [-0.2, 0) is 4.74 Å². The van der Waals surface area contributed by atoms with Crippen LogP contribution in [0.4, 0.5) is 0 Å². The van der Waals surface area contributed by atoms with Crippen molar-refractivity contribution in [3.63, 3.8) is 0 Å². The number of hydrogen-bond acceptors (Lipinski definition) is 2. The summed E-state index contributed by atoms with van der Waals surface area (Å²) in [5.41, 5.74) is 5.59. The molecule has 0 radical (unpaired) electrons. The molecule has 1 fully saturated rings. The summed E-state index contributed by atoms with van der Waals surface area (Å²) in [6.07, 6.45) is 3.32. The summed E-state index contributed by atoms with van der Waals surface area (Å²) in [7, 11) is 0. The normalized spacial score (nSPS) is 28.5. The second-order valence-electron chi connectivity index (χ2n) is 2.90. The summed E-state index contributed by atoms with van der Waals surface area (Å²) in [6, 6.07) is 0.386. The lowest BCUT2D eigenvalue weighted by Gasteiger charge is -2.31. The molecule has 1 aliphatic rings. The molecule has 0 unspecified atom stereocenters. The minimum atomic E-state index is 0.386. The molecule has 0 aromatic carbocycles. The first-order valence-corrected chi connectivity index (χ1v) is 4.09. The highest BCUT2D eigenvalue weighted by molar-refractivity contribution is 4.94. The van der Waals surface area contributed by atoms with Gasteiger partial charge in [-0.1, -0.05) is 0 Å². The van der Waals surface area contributed by atoms with Crippen molar-refractivity contribution in [3.8, 4) is 11.8 Å². The van der Waals surface area contributed by atoms with E-state index in [9.17, 15) is 0 Å². The van der Waals surface area contributed by atoms with E-state index < -0.39 is 0 Å². The molecule has 2 nitrogen and oxygen atoms in total. The van der Waals surface area contributed by atoms with E-state index >= 15 is 0 Å². The van der Waals surface area contributed by atoms with Crippen molar-refractivity contribution in [3.05, 3.63) is 0 Å². The molecular weight excluding hydrogens is 138 g/mol. The van der Waals surface area contributed by atoms with Crippen LogP contribution in [0.25, 0.3) is 0 Å². The molecular formula is C9H15NO. The van der Waals surface area contributed by atoms with Crippen LogP contribution in [0, 0.1) is 11.8 Å². The van der Waals surface area contributed by atoms with Gasteiger partial charge in [-0.2, -0.15) is 0 Å². The van der Waals surface area contributed by atoms with Crippen LogP contribution in [-0.4, -0.2) is 18.8 Å². The average molecular weight is 153 g/mol. The van der Waals surface area contributed by atoms with Crippen LogP contribution >= 0.6 is 0 Å². The van der Waals surface area contributed by atoms with E-state index in [1.807, 2.05) is 6.92 Å². The van der Waals surface area contributed by atoms with Gasteiger partial charge in [-0.25, -0.2) is 0 Å². The summed E-state index contributed by atoms with van der Waals surface area (Å²) in [4.78, 5) is 0. The second kappa shape index (κ2) is 4.38. The van der Waals surface area contributed by atoms with E-state index in [1.54, 1.807) is 0 Å². The van der Waals surface area contributed by atoms with Crippen molar-refractivity contribution in [2.75, 3.05) is 6.61 Å². The molecule has 0 aromatic rings. The topological polar surface area (TPSA) is 35.2 Å². The number of nitrogens with two attached hydrogens (primary N) is 1. The third kappa shape index (κ3) is 2.92. The molecule has 0 saturated heterocycles. The van der Waals surface area contributed by atoms with Crippen LogP contribution in [0.15, 0.2) is 0 Å². The van der Waals surface area contributed by atoms with E-state index in [0.29, 0.717) is 12.1 Å². The third-order valence-electron chi connectivity index (χ3n) is 1.89. The molecule has 1 aliphatic carbocycles. The highest BCUT2D eigenvalue weighted by Crippen LogP contribution is 2.20. The molecule has 0 aliphatic heterocycles. The van der Waals surface area contributed by atoms with Crippen LogP contribution in [0.2, 0.25) is 0 Å². The number of rotatable bonds is 3. The fraction of sp³-hybridized carbons (Fsp3) is 0.778. The minimum absolute atomic E-state index is 0.386. The zero-order valence-corrected chi connectivity index (χ0v) is 6.97. The SMILES string of the molecule is CC#CCCOC1CC(N)C1. The molecule has 0 bridgehead atoms. The monoisotopic (exact) mass is 153 g/mol. The summed E-state index contributed by atoms with van der Waals surface area (Å²) in [6.45, 7) is 2.61. The Bertz CT molecular complexity index is 162. The van der Waals surface area contributed by atoms with Gasteiger partial charge in [0, 0.05) is 12.5 Å². The van der Waals surface area contributed by atoms with Gasteiger partial charge in [0.1, 0.15) is 0 Å². The van der Waals surface area contributed by atoms with Gasteiger partial charge in [0.15, 0.2) is 0 Å². The van der Waals surface area contributed by atoms with Gasteiger partial charge in [0.2, 0.25) is 0 Å². The fourth-order valence-corrected chi connectivity index (χ4v) is 1.14. The van der Waals surface area contributed by atoms with Gasteiger partial charge in [-0.05, 0) is 19.8 Å². The van der Waals surface area contributed by atoms with Crippen LogP contribution in [0.1, 0.15) is 26.2 Å². The Hall–Kier alpha value is -0.520. The fourth-order valence-electron chi connectivity index (χ4n) is 1.14. The Kier molecular flexibility index (Phi) is 3.41. The van der Waals surface area contributed by atoms with Crippen molar-refractivity contribution >= 4 is 0 Å². The lowest BCUT2D eigenvalue weighted by Crippen LogP contribution is -2.41. The molecule has 2 heteroatoms. The van der Waals surface area contributed by atoms with Crippen LogP contribution in [0.3, 0.4) is 0 Å². The van der Waals surface area contributed by atoms with Crippen molar-refractivity contribution < 1.29 is 4.74 Å². The van der Waals surface area contributed by atoms with Crippen molar-refractivity contribution in [1.82, 2.24) is 0 Å². The first-order valence-electron chi connectivity index (χ1n) is 4.09. The van der Waals surface area contributed by atoms with Gasteiger partial charge in [-0.3, -0.25) is 0 Å². The molecule has 0 heterocycles. The number of hydrogen-bond donors (Lipinski definition) is 1. The highest BCUT2D eigenvalue weighted by atomic mass is 16.5. The van der Waals surface area contributed by atoms with Crippen molar-refractivity contribution in [1.29, 1.82) is 0 Å². The molecule has 0 atom stereocenters. The molecule has 0 amide bonds. The molecule has 0 aromatic heterocycles. The van der Waals surface area contributed by atoms with Crippen molar-refractivity contribution in [2.24, 2.45) is 5.73 Å². The number of ether oxygens (including phenoxy) is 1. The van der Waals surface area contributed by atoms with E-state index in [-0.39, 0.29) is 0 Å². The Morgan fingerprint density at radius 2 is 2.27 bits per heavy atom. The van der Waals surface area contributed by atoms with E-state index in [0.717, 1.165) is 25.9 Å². The Labute approximate surface area is 68.1 Å². The molecule has 1 saturated carbocycles. The van der Waals surface area contributed by atoms with E-state index in [1.165, 1.54) is 0 Å². The maximum Gasteiger partial charge on any atom is 0.0605 e. The van der Waals surface area contributed by atoms with Crippen molar-refractivity contribution in [2.45, 2.75) is 38.3 Å². The molecule has 62 valence electrons. The predicted octanol–water partition coefficient (Wildman–Crippen LogP) is 0.906. The first-order chi connectivity index (χ1) is 5.33. The first kappa shape index (κ1) is 8.58. The van der Waals surface area contributed by atoms with E-state index in [2.05, 4.69) is 11.8 Å². The Morgan fingerprint density at radius 3 is 2.82 bits per heavy atom. The maximum atomic E-state index is 5.59. The Morgan fingerprint density at radius 1 is 1.55 bits per heavy atom. The largest absolute Gasteiger partial charge is 0.377 e. The quantitative estimate of drug-likeness (QED) is 0.483. The van der Waals surface area contributed by atoms with Gasteiger partial charge in [0.05, 0.1) is 12.7 Å². The predicted molar refractivity (Wildman–Crippen MR) is 45.0 cm³/mol.